The lowest BCUT2D eigenvalue weighted by atomic mass is 9.93. The van der Waals surface area contributed by atoms with Crippen molar-refractivity contribution in [1.82, 2.24) is 15.1 Å². The normalized spacial score (nSPS) is 23.9. The Kier molecular flexibility index (Phi) is 5.95. The number of allylic oxidation sites excluding steroid dienone is 3. The molecular weight excluding hydrogens is 270 g/mol. The molecule has 0 aromatic heterocycles. The van der Waals surface area contributed by atoms with Crippen LogP contribution in [-0.4, -0.2) is 72.6 Å². The number of nitrogens with one attached hydrogen (secondary N) is 1. The molecule has 1 heterocycles. The minimum absolute atomic E-state index is 0.0344. The van der Waals surface area contributed by atoms with Crippen LogP contribution in [0.2, 0.25) is 0 Å². The molecule has 1 aliphatic carbocycles. The van der Waals surface area contributed by atoms with Gasteiger partial charge in [0.2, 0.25) is 0 Å². The van der Waals surface area contributed by atoms with Gasteiger partial charge in [-0.15, -0.1) is 0 Å². The zero-order valence-corrected chi connectivity index (χ0v) is 12.1. The van der Waals surface area contributed by atoms with Crippen molar-refractivity contribution in [3.63, 3.8) is 0 Å². The predicted molar refractivity (Wildman–Crippen MR) is 79.9 cm³/mol. The van der Waals surface area contributed by atoms with E-state index in [0.29, 0.717) is 19.6 Å². The molecule has 2 rings (SSSR count). The van der Waals surface area contributed by atoms with Crippen LogP contribution in [0.3, 0.4) is 0 Å². The van der Waals surface area contributed by atoms with Gasteiger partial charge in [-0.1, -0.05) is 24.3 Å². The molecule has 2 N–H and O–H groups in total. The van der Waals surface area contributed by atoms with E-state index in [9.17, 15) is 9.59 Å². The highest BCUT2D eigenvalue weighted by Gasteiger charge is 2.25. The molecule has 1 fully saturated rings. The van der Waals surface area contributed by atoms with Gasteiger partial charge in [0.05, 0.1) is 12.6 Å². The predicted octanol–water partition coefficient (Wildman–Crippen LogP) is 0.00570. The first-order chi connectivity index (χ1) is 10.2. The minimum atomic E-state index is -0.478. The van der Waals surface area contributed by atoms with E-state index in [1.807, 2.05) is 24.3 Å². The second-order valence-corrected chi connectivity index (χ2v) is 5.38. The van der Waals surface area contributed by atoms with Gasteiger partial charge < -0.3 is 20.1 Å². The van der Waals surface area contributed by atoms with E-state index in [4.69, 9.17) is 5.11 Å². The van der Waals surface area contributed by atoms with Crippen LogP contribution in [0, 0.1) is 5.92 Å². The van der Waals surface area contributed by atoms with Crippen LogP contribution in [0.25, 0.3) is 0 Å². The molecule has 0 aromatic rings. The SMILES string of the molecule is O=C[C@@H](NC(=O)N1CCN(CCO)CC1)C1C=CC=CC1. The van der Waals surface area contributed by atoms with Gasteiger partial charge >= 0.3 is 6.03 Å². The Labute approximate surface area is 125 Å². The number of hydrogen-bond donors (Lipinski definition) is 2. The second kappa shape index (κ2) is 7.95. The summed E-state index contributed by atoms with van der Waals surface area (Å²) >= 11 is 0. The molecule has 1 unspecified atom stereocenters. The number of aldehydes is 1. The molecule has 2 amide bonds. The zero-order chi connectivity index (χ0) is 15.1. The van der Waals surface area contributed by atoms with Crippen molar-refractivity contribution in [1.29, 1.82) is 0 Å². The van der Waals surface area contributed by atoms with Gasteiger partial charge in [-0.25, -0.2) is 4.79 Å². The number of urea groups is 1. The molecule has 21 heavy (non-hydrogen) atoms. The summed E-state index contributed by atoms with van der Waals surface area (Å²) in [7, 11) is 0. The Morgan fingerprint density at radius 3 is 2.67 bits per heavy atom. The number of nitrogens with zero attached hydrogens (tertiary/aromatic N) is 2. The molecule has 2 aliphatic rings. The molecule has 0 aromatic carbocycles. The molecular formula is C15H23N3O3. The van der Waals surface area contributed by atoms with Crippen LogP contribution in [0.5, 0.6) is 0 Å². The standard InChI is InChI=1S/C15H23N3O3/c19-11-10-17-6-8-18(9-7-17)15(21)16-14(12-20)13-4-2-1-3-5-13/h1-4,12-14,19H,5-11H2,(H,16,21)/t13?,14-/m1/s1. The summed E-state index contributed by atoms with van der Waals surface area (Å²) in [6.45, 7) is 3.54. The van der Waals surface area contributed by atoms with E-state index in [2.05, 4.69) is 10.2 Å². The molecule has 0 bridgehead atoms. The van der Waals surface area contributed by atoms with Gasteiger partial charge in [0.25, 0.3) is 0 Å². The summed E-state index contributed by atoms with van der Waals surface area (Å²) < 4.78 is 0. The lowest BCUT2D eigenvalue weighted by molar-refractivity contribution is -0.110. The Bertz CT molecular complexity index is 414. The number of rotatable bonds is 5. The number of amides is 2. The van der Waals surface area contributed by atoms with E-state index in [1.165, 1.54) is 0 Å². The van der Waals surface area contributed by atoms with E-state index in [0.717, 1.165) is 25.8 Å². The van der Waals surface area contributed by atoms with Crippen LogP contribution >= 0.6 is 0 Å². The Hall–Kier alpha value is -1.66. The Morgan fingerprint density at radius 1 is 1.33 bits per heavy atom. The molecule has 6 nitrogen and oxygen atoms in total. The number of hydrogen-bond acceptors (Lipinski definition) is 4. The lowest BCUT2D eigenvalue weighted by Gasteiger charge is -2.35. The van der Waals surface area contributed by atoms with E-state index in [1.54, 1.807) is 4.90 Å². The van der Waals surface area contributed by atoms with Crippen molar-refractivity contribution < 1.29 is 14.7 Å². The molecule has 116 valence electrons. The van der Waals surface area contributed by atoms with Gasteiger partial charge in [-0.05, 0) is 6.42 Å². The van der Waals surface area contributed by atoms with Gasteiger partial charge in [-0.2, -0.15) is 0 Å². The van der Waals surface area contributed by atoms with Crippen molar-refractivity contribution >= 4 is 12.3 Å². The molecule has 1 aliphatic heterocycles. The number of β-amino-alcohol motifs (C(OH)–C–C–N with tert-alkyl or cyclic N) is 1. The number of carbonyl (C=O) groups is 2. The second-order valence-electron chi connectivity index (χ2n) is 5.38. The van der Waals surface area contributed by atoms with Gasteiger partial charge in [0, 0.05) is 38.6 Å². The molecule has 6 heteroatoms. The minimum Gasteiger partial charge on any atom is -0.395 e. The molecule has 0 radical (unpaired) electrons. The van der Waals surface area contributed by atoms with E-state index in [-0.39, 0.29) is 18.6 Å². The number of piperazine rings is 1. The summed E-state index contributed by atoms with van der Waals surface area (Å²) in [6, 6.07) is -0.659. The summed E-state index contributed by atoms with van der Waals surface area (Å²) in [5, 5.41) is 11.7. The summed E-state index contributed by atoms with van der Waals surface area (Å²) in [5.74, 6) is 0.0344. The highest BCUT2D eigenvalue weighted by atomic mass is 16.3. The highest BCUT2D eigenvalue weighted by Crippen LogP contribution is 2.15. The highest BCUT2D eigenvalue weighted by molar-refractivity contribution is 5.78. The van der Waals surface area contributed by atoms with Gasteiger partial charge in [-0.3, -0.25) is 4.90 Å². The number of aliphatic hydroxyl groups excluding tert-OH is 1. The van der Waals surface area contributed by atoms with Gasteiger partial charge in [0.1, 0.15) is 6.29 Å². The topological polar surface area (TPSA) is 72.9 Å². The number of aliphatic hydroxyl groups is 1. The van der Waals surface area contributed by atoms with Crippen LogP contribution < -0.4 is 5.32 Å². The van der Waals surface area contributed by atoms with Crippen LogP contribution in [0.4, 0.5) is 4.79 Å². The van der Waals surface area contributed by atoms with Crippen LogP contribution in [0.1, 0.15) is 6.42 Å². The fourth-order valence-electron chi connectivity index (χ4n) is 2.66. The molecule has 2 atom stereocenters. The first kappa shape index (κ1) is 15.7. The fraction of sp³-hybridized carbons (Fsp3) is 0.600. The maximum atomic E-state index is 12.2. The third kappa shape index (κ3) is 4.41. The summed E-state index contributed by atoms with van der Waals surface area (Å²) in [5.41, 5.74) is 0. The number of carbonyl (C=O) groups excluding carboxylic acids is 2. The largest absolute Gasteiger partial charge is 0.395 e. The van der Waals surface area contributed by atoms with Crippen molar-refractivity contribution in [3.05, 3.63) is 24.3 Å². The van der Waals surface area contributed by atoms with Crippen molar-refractivity contribution in [2.45, 2.75) is 12.5 Å². The first-order valence-electron chi connectivity index (χ1n) is 7.42. The fourth-order valence-corrected chi connectivity index (χ4v) is 2.66. The summed E-state index contributed by atoms with van der Waals surface area (Å²) in [6.07, 6.45) is 9.39. The van der Waals surface area contributed by atoms with Crippen molar-refractivity contribution in [2.24, 2.45) is 5.92 Å². The maximum absolute atomic E-state index is 12.2. The first-order valence-corrected chi connectivity index (χ1v) is 7.42. The van der Waals surface area contributed by atoms with Gasteiger partial charge in [0.15, 0.2) is 0 Å². The monoisotopic (exact) mass is 293 g/mol. The molecule has 1 saturated heterocycles. The van der Waals surface area contributed by atoms with E-state index < -0.39 is 6.04 Å². The average Bonchev–Trinajstić information content (AvgIpc) is 2.54. The lowest BCUT2D eigenvalue weighted by Crippen LogP contribution is -2.55. The Morgan fingerprint density at radius 2 is 2.10 bits per heavy atom. The molecule has 0 saturated carbocycles. The van der Waals surface area contributed by atoms with E-state index >= 15 is 0 Å². The summed E-state index contributed by atoms with van der Waals surface area (Å²) in [4.78, 5) is 27.3. The smallest absolute Gasteiger partial charge is 0.318 e. The molecule has 0 spiro atoms. The quantitative estimate of drug-likeness (QED) is 0.700. The third-order valence-electron chi connectivity index (χ3n) is 3.99. The van der Waals surface area contributed by atoms with Crippen molar-refractivity contribution in [3.8, 4) is 0 Å². The maximum Gasteiger partial charge on any atom is 0.318 e. The average molecular weight is 293 g/mol. The Balaban J connectivity index is 1.81. The van der Waals surface area contributed by atoms with Crippen LogP contribution in [-0.2, 0) is 4.79 Å². The third-order valence-corrected chi connectivity index (χ3v) is 3.99. The van der Waals surface area contributed by atoms with Crippen LogP contribution in [0.15, 0.2) is 24.3 Å². The zero-order valence-electron chi connectivity index (χ0n) is 12.1. The van der Waals surface area contributed by atoms with Crippen molar-refractivity contribution in [2.75, 3.05) is 39.3 Å².